The van der Waals surface area contributed by atoms with E-state index in [-0.39, 0.29) is 6.01 Å². The summed E-state index contributed by atoms with van der Waals surface area (Å²) in [6.45, 7) is 4.34. The molecule has 0 fully saturated rings. The van der Waals surface area contributed by atoms with Crippen molar-refractivity contribution in [1.29, 1.82) is 0 Å². The van der Waals surface area contributed by atoms with Crippen molar-refractivity contribution in [1.82, 2.24) is 40.8 Å². The summed E-state index contributed by atoms with van der Waals surface area (Å²) in [5, 5.41) is 17.7. The maximum atomic E-state index is 5.52. The predicted octanol–water partition coefficient (Wildman–Crippen LogP) is 1.21. The second-order valence-electron chi connectivity index (χ2n) is 6.08. The molecule has 0 saturated heterocycles. The first-order valence-corrected chi connectivity index (χ1v) is 8.47. The van der Waals surface area contributed by atoms with Crippen LogP contribution in [0.5, 0.6) is 6.01 Å². The van der Waals surface area contributed by atoms with Gasteiger partial charge < -0.3 is 4.74 Å². The summed E-state index contributed by atoms with van der Waals surface area (Å²) in [7, 11) is 0. The maximum Gasteiger partial charge on any atom is 0.355 e. The van der Waals surface area contributed by atoms with Crippen LogP contribution >= 0.6 is 0 Å². The molecule has 0 aliphatic carbocycles. The Labute approximate surface area is 155 Å². The first-order valence-electron chi connectivity index (χ1n) is 8.47. The van der Waals surface area contributed by atoms with Crippen molar-refractivity contribution in [2.24, 2.45) is 0 Å². The molecule has 138 valence electrons. The van der Waals surface area contributed by atoms with Crippen LogP contribution in [-0.4, -0.2) is 36.6 Å². The lowest BCUT2D eigenvalue weighted by atomic mass is 10.2. The fourth-order valence-electron chi connectivity index (χ4n) is 2.47. The lowest BCUT2D eigenvalue weighted by Gasteiger charge is -2.20. The molecular formula is C17H19N9O. The molecule has 3 aromatic rings. The standard InChI is InChI=1S/C17H19N9O/c1-12-3-5-15(6-4-12)26-19-9-14(24-26)7-8-27-17-22-20-16(21-23-17)25-10-13(2)18-11-25/h3-6,9-11,19,24H,7-8H2,1-2H3. The third-order valence-corrected chi connectivity index (χ3v) is 3.91. The number of nitrogens with zero attached hydrogens (tertiary/aromatic N) is 7. The summed E-state index contributed by atoms with van der Waals surface area (Å²) in [6.07, 6.45) is 5.95. The second kappa shape index (κ2) is 7.28. The van der Waals surface area contributed by atoms with E-state index in [0.717, 1.165) is 17.1 Å². The zero-order valence-corrected chi connectivity index (χ0v) is 15.0. The zero-order valence-electron chi connectivity index (χ0n) is 15.0. The van der Waals surface area contributed by atoms with E-state index in [1.807, 2.05) is 30.4 Å². The Morgan fingerprint density at radius 3 is 2.52 bits per heavy atom. The molecule has 0 radical (unpaired) electrons. The van der Waals surface area contributed by atoms with Crippen LogP contribution in [0.1, 0.15) is 17.7 Å². The lowest BCUT2D eigenvalue weighted by Crippen LogP contribution is -2.39. The SMILES string of the molecule is Cc1ccc(N2NC=C(CCOc3nnc(-n4cnc(C)c4)nn3)N2)cc1. The van der Waals surface area contributed by atoms with Gasteiger partial charge in [0.25, 0.3) is 5.95 Å². The zero-order chi connectivity index (χ0) is 18.6. The van der Waals surface area contributed by atoms with Gasteiger partial charge in [-0.2, -0.15) is 5.12 Å². The Balaban J connectivity index is 1.26. The molecule has 0 spiro atoms. The largest absolute Gasteiger partial charge is 0.461 e. The Hall–Kier alpha value is -3.69. The molecule has 3 heterocycles. The molecule has 10 nitrogen and oxygen atoms in total. The number of rotatable bonds is 6. The number of hydrogen-bond donors (Lipinski definition) is 2. The molecule has 0 bridgehead atoms. The van der Waals surface area contributed by atoms with Gasteiger partial charge in [0, 0.05) is 18.8 Å². The molecule has 1 aliphatic heterocycles. The molecule has 0 unspecified atom stereocenters. The Morgan fingerprint density at radius 1 is 1.04 bits per heavy atom. The van der Waals surface area contributed by atoms with Crippen LogP contribution in [0.2, 0.25) is 0 Å². The second-order valence-corrected chi connectivity index (χ2v) is 6.08. The minimum absolute atomic E-state index is 0.137. The van der Waals surface area contributed by atoms with Crippen molar-refractivity contribution in [2.45, 2.75) is 20.3 Å². The van der Waals surface area contributed by atoms with E-state index in [1.165, 1.54) is 5.56 Å². The summed E-state index contributed by atoms with van der Waals surface area (Å²) >= 11 is 0. The molecule has 1 aromatic carbocycles. The highest BCUT2D eigenvalue weighted by atomic mass is 16.5. The smallest absolute Gasteiger partial charge is 0.355 e. The minimum atomic E-state index is 0.137. The van der Waals surface area contributed by atoms with Crippen LogP contribution in [0.15, 0.2) is 48.7 Å². The summed E-state index contributed by atoms with van der Waals surface area (Å²) in [5.41, 5.74) is 10.5. The first-order chi connectivity index (χ1) is 13.2. The Bertz CT molecular complexity index is 934. The van der Waals surface area contributed by atoms with Gasteiger partial charge in [-0.05, 0) is 26.0 Å². The van der Waals surface area contributed by atoms with Crippen LogP contribution in [0.3, 0.4) is 0 Å². The molecule has 27 heavy (non-hydrogen) atoms. The number of imidazole rings is 1. The van der Waals surface area contributed by atoms with E-state index in [9.17, 15) is 0 Å². The van der Waals surface area contributed by atoms with Crippen molar-refractivity contribution < 1.29 is 4.74 Å². The van der Waals surface area contributed by atoms with Crippen molar-refractivity contribution in [2.75, 3.05) is 11.7 Å². The van der Waals surface area contributed by atoms with Crippen LogP contribution in [0, 0.1) is 13.8 Å². The average Bonchev–Trinajstić information content (AvgIpc) is 3.32. The summed E-state index contributed by atoms with van der Waals surface area (Å²) in [4.78, 5) is 4.11. The summed E-state index contributed by atoms with van der Waals surface area (Å²) in [6, 6.07) is 8.34. The van der Waals surface area contributed by atoms with Crippen molar-refractivity contribution >= 4 is 5.69 Å². The van der Waals surface area contributed by atoms with Gasteiger partial charge >= 0.3 is 6.01 Å². The number of nitrogens with one attached hydrogen (secondary N) is 2. The number of hydrogen-bond acceptors (Lipinski definition) is 9. The van der Waals surface area contributed by atoms with Crippen molar-refractivity contribution in [3.63, 3.8) is 0 Å². The van der Waals surface area contributed by atoms with Gasteiger partial charge in [0.2, 0.25) is 0 Å². The molecule has 4 rings (SSSR count). The Kier molecular flexibility index (Phi) is 4.52. The molecule has 1 aliphatic rings. The van der Waals surface area contributed by atoms with Gasteiger partial charge in [-0.25, -0.2) is 4.98 Å². The molecule has 0 amide bonds. The van der Waals surface area contributed by atoms with Gasteiger partial charge in [-0.3, -0.25) is 15.4 Å². The van der Waals surface area contributed by atoms with Crippen LogP contribution in [0.4, 0.5) is 5.69 Å². The highest BCUT2D eigenvalue weighted by molar-refractivity contribution is 5.47. The minimum Gasteiger partial charge on any atom is -0.461 e. The third-order valence-electron chi connectivity index (χ3n) is 3.91. The number of ether oxygens (including phenoxy) is 1. The summed E-state index contributed by atoms with van der Waals surface area (Å²) in [5.74, 6) is 0.348. The molecule has 2 N–H and O–H groups in total. The Morgan fingerprint density at radius 2 is 1.81 bits per heavy atom. The van der Waals surface area contributed by atoms with Gasteiger partial charge in [-0.15, -0.1) is 10.2 Å². The molecule has 2 aromatic heterocycles. The van der Waals surface area contributed by atoms with E-state index in [2.05, 4.69) is 55.3 Å². The van der Waals surface area contributed by atoms with Crippen molar-refractivity contribution in [3.8, 4) is 12.0 Å². The van der Waals surface area contributed by atoms with Gasteiger partial charge in [0.1, 0.15) is 6.33 Å². The number of anilines is 1. The van der Waals surface area contributed by atoms with Gasteiger partial charge in [0.05, 0.1) is 23.7 Å². The van der Waals surface area contributed by atoms with Crippen LogP contribution in [-0.2, 0) is 0 Å². The van der Waals surface area contributed by atoms with Crippen molar-refractivity contribution in [3.05, 3.63) is 59.9 Å². The monoisotopic (exact) mass is 365 g/mol. The average molecular weight is 365 g/mol. The van der Waals surface area contributed by atoms with E-state index in [1.54, 1.807) is 17.1 Å². The van der Waals surface area contributed by atoms with E-state index < -0.39 is 0 Å². The molecule has 10 heteroatoms. The van der Waals surface area contributed by atoms with E-state index >= 15 is 0 Å². The molecule has 0 atom stereocenters. The van der Waals surface area contributed by atoms with Gasteiger partial charge in [0.15, 0.2) is 0 Å². The van der Waals surface area contributed by atoms with E-state index in [0.29, 0.717) is 19.0 Å². The van der Waals surface area contributed by atoms with Gasteiger partial charge in [-0.1, -0.05) is 27.9 Å². The predicted molar refractivity (Wildman–Crippen MR) is 97.6 cm³/mol. The maximum absolute atomic E-state index is 5.52. The number of aromatic nitrogens is 6. The normalized spacial score (nSPS) is 13.1. The highest BCUT2D eigenvalue weighted by Gasteiger charge is 2.13. The number of benzene rings is 1. The third kappa shape index (κ3) is 3.94. The highest BCUT2D eigenvalue weighted by Crippen LogP contribution is 2.15. The fraction of sp³-hybridized carbons (Fsp3) is 0.235. The quantitative estimate of drug-likeness (QED) is 0.666. The molecular weight excluding hydrogens is 346 g/mol. The molecule has 0 saturated carbocycles. The summed E-state index contributed by atoms with van der Waals surface area (Å²) < 4.78 is 7.17. The first kappa shape index (κ1) is 16.8. The van der Waals surface area contributed by atoms with E-state index in [4.69, 9.17) is 4.74 Å². The van der Waals surface area contributed by atoms with Crippen LogP contribution in [0.25, 0.3) is 5.95 Å². The lowest BCUT2D eigenvalue weighted by molar-refractivity contribution is 0.284. The number of aryl methyl sites for hydroxylation is 2. The topological polar surface area (TPSA) is 106 Å². The number of hydrazine groups is 2. The van der Waals surface area contributed by atoms with Crippen LogP contribution < -0.4 is 20.7 Å². The fourth-order valence-corrected chi connectivity index (χ4v) is 2.47.